The number of hydrogen-bond donors (Lipinski definition) is 2. The minimum absolute atomic E-state index is 0.0261. The van der Waals surface area contributed by atoms with Crippen molar-refractivity contribution in [2.75, 3.05) is 6.61 Å². The van der Waals surface area contributed by atoms with Gasteiger partial charge in [0.05, 0.1) is 19.0 Å². The molecule has 0 amide bonds. The zero-order valence-electron chi connectivity index (χ0n) is 10.0. The summed E-state index contributed by atoms with van der Waals surface area (Å²) in [5.74, 6) is 0.453. The first-order chi connectivity index (χ1) is 7.67. The van der Waals surface area contributed by atoms with Gasteiger partial charge in [-0.15, -0.1) is 0 Å². The molecular weight excluding hydrogens is 208 g/mol. The van der Waals surface area contributed by atoms with Crippen molar-refractivity contribution in [1.29, 1.82) is 0 Å². The minimum Gasteiger partial charge on any atom is -0.470 e. The molecule has 4 heteroatoms. The van der Waals surface area contributed by atoms with Gasteiger partial charge in [0.25, 0.3) is 0 Å². The van der Waals surface area contributed by atoms with E-state index in [0.717, 1.165) is 6.42 Å². The van der Waals surface area contributed by atoms with E-state index in [1.807, 2.05) is 6.08 Å². The van der Waals surface area contributed by atoms with Crippen LogP contribution < -0.4 is 0 Å². The van der Waals surface area contributed by atoms with Crippen LogP contribution in [0.5, 0.6) is 0 Å². The zero-order chi connectivity index (χ0) is 12.0. The predicted molar refractivity (Wildman–Crippen MR) is 60.7 cm³/mol. The molecule has 0 aromatic carbocycles. The second-order valence-corrected chi connectivity index (χ2v) is 4.30. The van der Waals surface area contributed by atoms with Crippen molar-refractivity contribution in [2.24, 2.45) is 5.92 Å². The number of aliphatic hydroxyl groups excluding tert-OH is 2. The summed E-state index contributed by atoms with van der Waals surface area (Å²) in [4.78, 5) is 0. The zero-order valence-corrected chi connectivity index (χ0v) is 10.0. The summed E-state index contributed by atoms with van der Waals surface area (Å²) >= 11 is 0. The van der Waals surface area contributed by atoms with Gasteiger partial charge in [0.15, 0.2) is 0 Å². The van der Waals surface area contributed by atoms with E-state index in [2.05, 4.69) is 13.8 Å². The van der Waals surface area contributed by atoms with Crippen molar-refractivity contribution in [1.82, 2.24) is 0 Å². The van der Waals surface area contributed by atoms with Gasteiger partial charge in [-0.1, -0.05) is 13.8 Å². The Morgan fingerprint density at radius 3 is 2.88 bits per heavy atom. The van der Waals surface area contributed by atoms with Crippen LogP contribution in [0.3, 0.4) is 0 Å². The predicted octanol–water partition coefficient (Wildman–Crippen LogP) is 1.42. The minimum atomic E-state index is -0.647. The maximum atomic E-state index is 9.64. The molecule has 0 aromatic heterocycles. The summed E-state index contributed by atoms with van der Waals surface area (Å²) in [5.41, 5.74) is 0. The summed E-state index contributed by atoms with van der Waals surface area (Å²) in [7, 11) is 0. The molecule has 4 nitrogen and oxygen atoms in total. The number of rotatable bonds is 5. The average molecular weight is 230 g/mol. The van der Waals surface area contributed by atoms with E-state index in [1.54, 1.807) is 6.26 Å². The molecule has 1 fully saturated rings. The molecule has 1 rings (SSSR count). The Labute approximate surface area is 96.9 Å². The number of hydrogen-bond acceptors (Lipinski definition) is 4. The van der Waals surface area contributed by atoms with E-state index in [0.29, 0.717) is 18.8 Å². The van der Waals surface area contributed by atoms with E-state index in [1.165, 1.54) is 0 Å². The van der Waals surface area contributed by atoms with Gasteiger partial charge in [-0.25, -0.2) is 0 Å². The Bertz CT molecular complexity index is 217. The van der Waals surface area contributed by atoms with Gasteiger partial charge in [-0.05, 0) is 31.3 Å². The molecule has 4 atom stereocenters. The van der Waals surface area contributed by atoms with Gasteiger partial charge >= 0.3 is 0 Å². The van der Waals surface area contributed by atoms with E-state index in [9.17, 15) is 5.11 Å². The third-order valence-electron chi connectivity index (χ3n) is 2.89. The first-order valence-corrected chi connectivity index (χ1v) is 5.93. The summed E-state index contributed by atoms with van der Waals surface area (Å²) in [6.45, 7) is 4.17. The van der Waals surface area contributed by atoms with Gasteiger partial charge in [0.2, 0.25) is 6.29 Å². The highest BCUT2D eigenvalue weighted by Gasteiger charge is 2.30. The van der Waals surface area contributed by atoms with E-state index >= 15 is 0 Å². The molecule has 0 spiro atoms. The number of ether oxygens (including phenoxy) is 2. The van der Waals surface area contributed by atoms with E-state index < -0.39 is 12.4 Å². The van der Waals surface area contributed by atoms with Gasteiger partial charge in [-0.3, -0.25) is 0 Å². The van der Waals surface area contributed by atoms with Crippen molar-refractivity contribution in [3.63, 3.8) is 0 Å². The van der Waals surface area contributed by atoms with Crippen molar-refractivity contribution in [2.45, 2.75) is 51.6 Å². The van der Waals surface area contributed by atoms with Crippen molar-refractivity contribution >= 4 is 0 Å². The van der Waals surface area contributed by atoms with Crippen LogP contribution in [-0.4, -0.2) is 35.3 Å². The highest BCUT2D eigenvalue weighted by molar-refractivity contribution is 4.81. The Kier molecular flexibility index (Phi) is 5.80. The van der Waals surface area contributed by atoms with Crippen LogP contribution in [-0.2, 0) is 9.47 Å². The maximum absolute atomic E-state index is 9.64. The second kappa shape index (κ2) is 6.89. The maximum Gasteiger partial charge on any atom is 0.225 e. The van der Waals surface area contributed by atoms with Crippen LogP contribution in [0.4, 0.5) is 0 Å². The Morgan fingerprint density at radius 2 is 2.25 bits per heavy atom. The first kappa shape index (κ1) is 13.5. The number of aliphatic hydroxyl groups is 2. The number of allylic oxidation sites excluding steroid dienone is 1. The molecule has 4 unspecified atom stereocenters. The molecule has 94 valence electrons. The lowest BCUT2D eigenvalue weighted by molar-refractivity contribution is -0.224. The summed E-state index contributed by atoms with van der Waals surface area (Å²) in [5, 5.41) is 18.6. The molecule has 0 aliphatic carbocycles. The fourth-order valence-corrected chi connectivity index (χ4v) is 1.49. The fourth-order valence-electron chi connectivity index (χ4n) is 1.49. The lowest BCUT2D eigenvalue weighted by atomic mass is 10.1. The summed E-state index contributed by atoms with van der Waals surface area (Å²) in [6, 6.07) is 0. The van der Waals surface area contributed by atoms with Crippen molar-refractivity contribution < 1.29 is 19.7 Å². The molecule has 2 N–H and O–H groups in total. The highest BCUT2D eigenvalue weighted by atomic mass is 16.7. The standard InChI is InChI=1S/C12H22O4/c1-3-9(2)6-7-15-12-11(14)5-4-10(8-13)16-12/h6-7,9-14H,3-5,8H2,1-2H3/b7-6-. The summed E-state index contributed by atoms with van der Waals surface area (Å²) in [6.07, 6.45) is 4.38. The third kappa shape index (κ3) is 4.12. The Balaban J connectivity index is 2.36. The molecule has 0 saturated carbocycles. The SMILES string of the molecule is CCC(C)/C=C\OC1OC(CO)CCC1O. The van der Waals surface area contributed by atoms with Crippen LogP contribution >= 0.6 is 0 Å². The molecule has 1 aliphatic rings. The molecule has 0 aromatic rings. The van der Waals surface area contributed by atoms with E-state index in [4.69, 9.17) is 14.6 Å². The molecule has 0 radical (unpaired) electrons. The Morgan fingerprint density at radius 1 is 1.50 bits per heavy atom. The molecule has 1 heterocycles. The molecular formula is C12H22O4. The van der Waals surface area contributed by atoms with Crippen LogP contribution in [0, 0.1) is 5.92 Å². The van der Waals surface area contributed by atoms with E-state index in [-0.39, 0.29) is 12.7 Å². The van der Waals surface area contributed by atoms with Gasteiger partial charge in [0, 0.05) is 0 Å². The second-order valence-electron chi connectivity index (χ2n) is 4.30. The van der Waals surface area contributed by atoms with Crippen molar-refractivity contribution in [3.05, 3.63) is 12.3 Å². The van der Waals surface area contributed by atoms with Gasteiger partial charge < -0.3 is 19.7 Å². The van der Waals surface area contributed by atoms with Crippen LogP contribution in [0.2, 0.25) is 0 Å². The Hall–Kier alpha value is -0.580. The van der Waals surface area contributed by atoms with Crippen LogP contribution in [0.15, 0.2) is 12.3 Å². The molecule has 1 aliphatic heterocycles. The first-order valence-electron chi connectivity index (χ1n) is 5.93. The molecule has 1 saturated heterocycles. The lowest BCUT2D eigenvalue weighted by Gasteiger charge is -2.32. The van der Waals surface area contributed by atoms with Gasteiger partial charge in [-0.2, -0.15) is 0 Å². The largest absolute Gasteiger partial charge is 0.470 e. The normalized spacial score (nSPS) is 32.9. The third-order valence-corrected chi connectivity index (χ3v) is 2.89. The topological polar surface area (TPSA) is 58.9 Å². The summed E-state index contributed by atoms with van der Waals surface area (Å²) < 4.78 is 10.7. The quantitative estimate of drug-likeness (QED) is 0.701. The smallest absolute Gasteiger partial charge is 0.225 e. The molecule has 0 bridgehead atoms. The lowest BCUT2D eigenvalue weighted by Crippen LogP contribution is -2.41. The highest BCUT2D eigenvalue weighted by Crippen LogP contribution is 2.20. The van der Waals surface area contributed by atoms with Crippen molar-refractivity contribution in [3.8, 4) is 0 Å². The van der Waals surface area contributed by atoms with Crippen LogP contribution in [0.1, 0.15) is 33.1 Å². The average Bonchev–Trinajstić information content (AvgIpc) is 2.31. The molecule has 16 heavy (non-hydrogen) atoms. The van der Waals surface area contributed by atoms with Crippen LogP contribution in [0.25, 0.3) is 0 Å². The monoisotopic (exact) mass is 230 g/mol. The fraction of sp³-hybridized carbons (Fsp3) is 0.833. The van der Waals surface area contributed by atoms with Gasteiger partial charge in [0.1, 0.15) is 6.10 Å².